The third-order valence-corrected chi connectivity index (χ3v) is 5.19. The second-order valence-electron chi connectivity index (χ2n) is 4.85. The van der Waals surface area contributed by atoms with Crippen LogP contribution in [0.25, 0.3) is 11.4 Å². The van der Waals surface area contributed by atoms with E-state index in [4.69, 9.17) is 9.26 Å². The predicted octanol–water partition coefficient (Wildman–Crippen LogP) is 2.98. The van der Waals surface area contributed by atoms with Gasteiger partial charge in [0.25, 0.3) is 0 Å². The van der Waals surface area contributed by atoms with Gasteiger partial charge in [0.15, 0.2) is 0 Å². The Labute approximate surface area is 126 Å². The Morgan fingerprint density at radius 1 is 1.00 bits per heavy atom. The van der Waals surface area contributed by atoms with Crippen molar-refractivity contribution in [1.29, 1.82) is 0 Å². The van der Waals surface area contributed by atoms with Gasteiger partial charge in [-0.1, -0.05) is 17.3 Å². The molecular formula is C15H10N2O4S. The van der Waals surface area contributed by atoms with Crippen LogP contribution in [0, 0.1) is 6.92 Å². The maximum atomic E-state index is 12.7. The van der Waals surface area contributed by atoms with E-state index in [1.807, 2.05) is 0 Å². The predicted molar refractivity (Wildman–Crippen MR) is 76.4 cm³/mol. The minimum atomic E-state index is -3.64. The van der Waals surface area contributed by atoms with Crippen LogP contribution in [0.15, 0.2) is 56.8 Å². The highest BCUT2D eigenvalue weighted by Crippen LogP contribution is 2.43. The lowest BCUT2D eigenvalue weighted by Gasteiger charge is -2.20. The molecule has 0 amide bonds. The lowest BCUT2D eigenvalue weighted by atomic mass is 10.2. The first-order valence-electron chi connectivity index (χ1n) is 6.52. The summed E-state index contributed by atoms with van der Waals surface area (Å²) < 4.78 is 36.1. The van der Waals surface area contributed by atoms with Gasteiger partial charge in [0.2, 0.25) is 21.6 Å². The van der Waals surface area contributed by atoms with E-state index in [-0.39, 0.29) is 9.79 Å². The second-order valence-corrected chi connectivity index (χ2v) is 6.74. The van der Waals surface area contributed by atoms with Crippen LogP contribution in [-0.2, 0) is 9.84 Å². The lowest BCUT2D eigenvalue weighted by Crippen LogP contribution is -2.11. The molecule has 2 aromatic carbocycles. The Hall–Kier alpha value is -2.67. The van der Waals surface area contributed by atoms with Crippen molar-refractivity contribution >= 4 is 9.84 Å². The summed E-state index contributed by atoms with van der Waals surface area (Å²) in [7, 11) is -3.64. The lowest BCUT2D eigenvalue weighted by molar-refractivity contribution is 0.394. The monoisotopic (exact) mass is 314 g/mol. The molecule has 0 N–H and O–H groups in total. The molecule has 1 aromatic heterocycles. The van der Waals surface area contributed by atoms with E-state index >= 15 is 0 Å². The molecule has 0 saturated carbocycles. The van der Waals surface area contributed by atoms with Gasteiger partial charge < -0.3 is 9.26 Å². The maximum absolute atomic E-state index is 12.7. The van der Waals surface area contributed by atoms with Crippen LogP contribution in [0.5, 0.6) is 11.5 Å². The smallest absolute Gasteiger partial charge is 0.223 e. The number of para-hydroxylation sites is 1. The number of hydrogen-bond donors (Lipinski definition) is 0. The molecule has 6 nitrogen and oxygen atoms in total. The molecule has 110 valence electrons. The first-order chi connectivity index (χ1) is 10.6. The van der Waals surface area contributed by atoms with Crippen molar-refractivity contribution in [3.05, 3.63) is 48.4 Å². The van der Waals surface area contributed by atoms with Crippen LogP contribution in [0.1, 0.15) is 5.89 Å². The van der Waals surface area contributed by atoms with E-state index in [2.05, 4.69) is 10.1 Å². The zero-order valence-electron chi connectivity index (χ0n) is 11.5. The van der Waals surface area contributed by atoms with Crippen molar-refractivity contribution in [2.24, 2.45) is 0 Å². The maximum Gasteiger partial charge on any atom is 0.223 e. The summed E-state index contributed by atoms with van der Waals surface area (Å²) in [5, 5.41) is 3.81. The van der Waals surface area contributed by atoms with Gasteiger partial charge in [-0.05, 0) is 30.3 Å². The zero-order valence-corrected chi connectivity index (χ0v) is 12.3. The third-order valence-electron chi connectivity index (χ3n) is 3.38. The molecule has 1 aliphatic heterocycles. The molecule has 3 aromatic rings. The number of ether oxygens (including phenoxy) is 1. The van der Waals surface area contributed by atoms with E-state index in [1.54, 1.807) is 37.3 Å². The van der Waals surface area contributed by atoms with Crippen LogP contribution in [0.2, 0.25) is 0 Å². The van der Waals surface area contributed by atoms with Crippen molar-refractivity contribution in [2.45, 2.75) is 16.7 Å². The number of hydrogen-bond acceptors (Lipinski definition) is 6. The van der Waals surface area contributed by atoms with Crippen LogP contribution >= 0.6 is 0 Å². The molecule has 4 rings (SSSR count). The Bertz CT molecular complexity index is 992. The topological polar surface area (TPSA) is 82.3 Å². The van der Waals surface area contributed by atoms with Crippen molar-refractivity contribution < 1.29 is 17.7 Å². The third kappa shape index (κ3) is 1.82. The van der Waals surface area contributed by atoms with E-state index < -0.39 is 9.84 Å². The number of aryl methyl sites for hydroxylation is 1. The van der Waals surface area contributed by atoms with E-state index in [9.17, 15) is 8.42 Å². The average Bonchev–Trinajstić information content (AvgIpc) is 2.94. The molecule has 1 aliphatic rings. The summed E-state index contributed by atoms with van der Waals surface area (Å²) in [4.78, 5) is 4.37. The molecule has 0 spiro atoms. The SMILES string of the molecule is Cc1nc(-c2ccc3c(c2)S(=O)(=O)c2ccccc2O3)no1. The van der Waals surface area contributed by atoms with Crippen LogP contribution in [0.4, 0.5) is 0 Å². The minimum absolute atomic E-state index is 0.103. The molecule has 0 radical (unpaired) electrons. The first-order valence-corrected chi connectivity index (χ1v) is 8.01. The fraction of sp³-hybridized carbons (Fsp3) is 0.0667. The van der Waals surface area contributed by atoms with E-state index in [1.165, 1.54) is 12.1 Å². The summed E-state index contributed by atoms with van der Waals surface area (Å²) in [5.74, 6) is 1.38. The molecule has 7 heteroatoms. The fourth-order valence-electron chi connectivity index (χ4n) is 2.35. The number of fused-ring (bicyclic) bond motifs is 2. The number of sulfone groups is 1. The largest absolute Gasteiger partial charge is 0.455 e. The van der Waals surface area contributed by atoms with Crippen molar-refractivity contribution in [2.75, 3.05) is 0 Å². The molecule has 0 aliphatic carbocycles. The highest BCUT2D eigenvalue weighted by molar-refractivity contribution is 7.91. The van der Waals surface area contributed by atoms with E-state index in [0.29, 0.717) is 28.8 Å². The van der Waals surface area contributed by atoms with Crippen molar-refractivity contribution in [3.8, 4) is 22.9 Å². The molecule has 2 heterocycles. The number of rotatable bonds is 1. The number of aromatic nitrogens is 2. The highest BCUT2D eigenvalue weighted by Gasteiger charge is 2.31. The quantitative estimate of drug-likeness (QED) is 0.537. The fourth-order valence-corrected chi connectivity index (χ4v) is 3.88. The Kier molecular flexibility index (Phi) is 2.61. The van der Waals surface area contributed by atoms with Gasteiger partial charge in [0.1, 0.15) is 21.3 Å². The van der Waals surface area contributed by atoms with E-state index in [0.717, 1.165) is 0 Å². The summed E-state index contributed by atoms with van der Waals surface area (Å²) in [5.41, 5.74) is 0.558. The summed E-state index contributed by atoms with van der Waals surface area (Å²) in [6.07, 6.45) is 0. The first kappa shape index (κ1) is 13.0. The molecule has 0 unspecified atom stereocenters. The summed E-state index contributed by atoms with van der Waals surface area (Å²) >= 11 is 0. The molecule has 0 fully saturated rings. The Morgan fingerprint density at radius 2 is 1.77 bits per heavy atom. The van der Waals surface area contributed by atoms with Crippen molar-refractivity contribution in [1.82, 2.24) is 10.1 Å². The minimum Gasteiger partial charge on any atom is -0.455 e. The van der Waals surface area contributed by atoms with Crippen LogP contribution in [-0.4, -0.2) is 18.6 Å². The second kappa shape index (κ2) is 4.41. The summed E-state index contributed by atoms with van der Waals surface area (Å²) in [6, 6.07) is 11.4. The Balaban J connectivity index is 1.92. The van der Waals surface area contributed by atoms with Gasteiger partial charge in [0, 0.05) is 12.5 Å². The van der Waals surface area contributed by atoms with Gasteiger partial charge in [0.05, 0.1) is 0 Å². The standard InChI is InChI=1S/C15H10N2O4S/c1-9-16-15(17-21-9)10-6-7-12-14(8-10)22(18,19)13-5-3-2-4-11(13)20-12/h2-8H,1H3. The van der Waals surface area contributed by atoms with Crippen LogP contribution in [0.3, 0.4) is 0 Å². The van der Waals surface area contributed by atoms with Crippen molar-refractivity contribution in [3.63, 3.8) is 0 Å². The highest BCUT2D eigenvalue weighted by atomic mass is 32.2. The average molecular weight is 314 g/mol. The zero-order chi connectivity index (χ0) is 15.3. The van der Waals surface area contributed by atoms with Gasteiger partial charge in [-0.2, -0.15) is 4.98 Å². The number of nitrogens with zero attached hydrogens (tertiary/aromatic N) is 2. The van der Waals surface area contributed by atoms with Gasteiger partial charge in [-0.25, -0.2) is 8.42 Å². The van der Waals surface area contributed by atoms with Gasteiger partial charge in [-0.3, -0.25) is 0 Å². The Morgan fingerprint density at radius 3 is 2.55 bits per heavy atom. The molecule has 0 atom stereocenters. The molecule has 0 bridgehead atoms. The number of benzene rings is 2. The van der Waals surface area contributed by atoms with Crippen LogP contribution < -0.4 is 4.74 Å². The molecule has 0 saturated heterocycles. The normalized spacial score (nSPS) is 14.8. The summed E-state index contributed by atoms with van der Waals surface area (Å²) in [6.45, 7) is 1.67. The molecular weight excluding hydrogens is 304 g/mol. The van der Waals surface area contributed by atoms with Gasteiger partial charge >= 0.3 is 0 Å². The molecule has 22 heavy (non-hydrogen) atoms. The van der Waals surface area contributed by atoms with Gasteiger partial charge in [-0.15, -0.1) is 0 Å².